The third-order valence-electron chi connectivity index (χ3n) is 3.31. The molecule has 2 heterocycles. The summed E-state index contributed by atoms with van der Waals surface area (Å²) in [7, 11) is 0. The van der Waals surface area contributed by atoms with Crippen molar-refractivity contribution in [2.24, 2.45) is 0 Å². The van der Waals surface area contributed by atoms with Gasteiger partial charge in [0.25, 0.3) is 0 Å². The summed E-state index contributed by atoms with van der Waals surface area (Å²) in [5, 5.41) is 17.2. The monoisotopic (exact) mass is 262 g/mol. The molecule has 1 N–H and O–H groups in total. The van der Waals surface area contributed by atoms with Crippen molar-refractivity contribution >= 4 is 5.97 Å². The molecule has 0 atom stereocenters. The summed E-state index contributed by atoms with van der Waals surface area (Å²) in [5.74, 6) is 0.678. The second-order valence-electron chi connectivity index (χ2n) is 4.83. The van der Waals surface area contributed by atoms with Gasteiger partial charge in [0, 0.05) is 5.92 Å². The van der Waals surface area contributed by atoms with Gasteiger partial charge in [-0.2, -0.15) is 10.1 Å². The van der Waals surface area contributed by atoms with E-state index in [1.807, 2.05) is 0 Å². The molecule has 100 valence electrons. The molecule has 7 heteroatoms. The highest BCUT2D eigenvalue weighted by Crippen LogP contribution is 2.38. The van der Waals surface area contributed by atoms with Gasteiger partial charge in [0.1, 0.15) is 12.1 Å². The zero-order valence-corrected chi connectivity index (χ0v) is 10.8. The van der Waals surface area contributed by atoms with Crippen LogP contribution in [0.25, 0.3) is 0 Å². The number of aryl methyl sites for hydroxylation is 1. The van der Waals surface area contributed by atoms with E-state index < -0.39 is 5.97 Å². The van der Waals surface area contributed by atoms with E-state index in [-0.39, 0.29) is 5.56 Å². The van der Waals surface area contributed by atoms with Crippen LogP contribution >= 0.6 is 0 Å². The van der Waals surface area contributed by atoms with Crippen LogP contribution in [0, 0.1) is 13.8 Å². The van der Waals surface area contributed by atoms with Crippen molar-refractivity contribution in [1.29, 1.82) is 0 Å². The zero-order valence-electron chi connectivity index (χ0n) is 10.8. The Hall–Kier alpha value is -2.18. The van der Waals surface area contributed by atoms with E-state index in [4.69, 9.17) is 9.63 Å². The Morgan fingerprint density at radius 1 is 1.47 bits per heavy atom. The summed E-state index contributed by atoms with van der Waals surface area (Å²) in [6, 6.07) is 0. The number of carboxylic acids is 1. The van der Waals surface area contributed by atoms with Crippen molar-refractivity contribution in [1.82, 2.24) is 19.9 Å². The lowest BCUT2D eigenvalue weighted by atomic mass is 10.2. The first-order valence-electron chi connectivity index (χ1n) is 6.16. The van der Waals surface area contributed by atoms with Gasteiger partial charge >= 0.3 is 5.97 Å². The molecule has 0 spiro atoms. The standard InChI is InChI=1S/C12H14N4O3/c1-6-10(12(17)18)7(2)16(14-6)5-9-13-11(15-19-9)8-3-4-8/h8H,3-5H2,1-2H3,(H,17,18). The molecule has 0 bridgehead atoms. The van der Waals surface area contributed by atoms with Gasteiger partial charge in [-0.05, 0) is 26.7 Å². The Kier molecular flexibility index (Phi) is 2.62. The van der Waals surface area contributed by atoms with E-state index in [1.54, 1.807) is 18.5 Å². The Balaban J connectivity index is 1.86. The van der Waals surface area contributed by atoms with Crippen LogP contribution in [-0.4, -0.2) is 31.0 Å². The molecule has 0 unspecified atom stereocenters. The van der Waals surface area contributed by atoms with E-state index in [2.05, 4.69) is 15.2 Å². The molecule has 7 nitrogen and oxygen atoms in total. The highest BCUT2D eigenvalue weighted by atomic mass is 16.5. The van der Waals surface area contributed by atoms with Crippen LogP contribution in [0.4, 0.5) is 0 Å². The van der Waals surface area contributed by atoms with Gasteiger partial charge in [0.15, 0.2) is 5.82 Å². The lowest BCUT2D eigenvalue weighted by molar-refractivity contribution is 0.0695. The lowest BCUT2D eigenvalue weighted by Gasteiger charge is -1.99. The van der Waals surface area contributed by atoms with E-state index in [9.17, 15) is 4.79 Å². The Morgan fingerprint density at radius 2 is 2.21 bits per heavy atom. The normalized spacial score (nSPS) is 14.8. The molecule has 1 aliphatic rings. The molecule has 2 aromatic heterocycles. The maximum absolute atomic E-state index is 11.1. The van der Waals surface area contributed by atoms with E-state index in [0.717, 1.165) is 18.7 Å². The Morgan fingerprint density at radius 3 is 2.79 bits per heavy atom. The Labute approximate surface area is 109 Å². The number of carboxylic acid groups (broad SMARTS) is 1. The van der Waals surface area contributed by atoms with E-state index in [0.29, 0.717) is 29.7 Å². The second kappa shape index (κ2) is 4.18. The van der Waals surface area contributed by atoms with Crippen molar-refractivity contribution < 1.29 is 14.4 Å². The van der Waals surface area contributed by atoms with Gasteiger partial charge in [-0.15, -0.1) is 0 Å². The maximum Gasteiger partial charge on any atom is 0.339 e. The molecular weight excluding hydrogens is 248 g/mol. The molecule has 0 radical (unpaired) electrons. The second-order valence-corrected chi connectivity index (χ2v) is 4.83. The van der Waals surface area contributed by atoms with E-state index >= 15 is 0 Å². The third kappa shape index (κ3) is 2.11. The average Bonchev–Trinajstić information content (AvgIpc) is 3.02. The molecule has 0 amide bonds. The topological polar surface area (TPSA) is 94.0 Å². The molecule has 1 saturated carbocycles. The van der Waals surface area contributed by atoms with Crippen molar-refractivity contribution in [2.75, 3.05) is 0 Å². The van der Waals surface area contributed by atoms with E-state index in [1.165, 1.54) is 0 Å². The van der Waals surface area contributed by atoms with Crippen LogP contribution in [-0.2, 0) is 6.54 Å². The van der Waals surface area contributed by atoms with Crippen molar-refractivity contribution in [3.63, 3.8) is 0 Å². The molecule has 1 aliphatic carbocycles. The van der Waals surface area contributed by atoms with Crippen LogP contribution in [0.15, 0.2) is 4.52 Å². The molecule has 0 saturated heterocycles. The zero-order chi connectivity index (χ0) is 13.6. The maximum atomic E-state index is 11.1. The van der Waals surface area contributed by atoms with Gasteiger partial charge in [-0.1, -0.05) is 5.16 Å². The molecular formula is C12H14N4O3. The summed E-state index contributed by atoms with van der Waals surface area (Å²) >= 11 is 0. The van der Waals surface area contributed by atoms with Gasteiger partial charge < -0.3 is 9.63 Å². The fraction of sp³-hybridized carbons (Fsp3) is 0.500. The fourth-order valence-corrected chi connectivity index (χ4v) is 2.13. The minimum Gasteiger partial charge on any atom is -0.478 e. The van der Waals surface area contributed by atoms with Crippen LogP contribution < -0.4 is 0 Å². The first kappa shape index (κ1) is 11.9. The van der Waals surface area contributed by atoms with Gasteiger partial charge in [-0.25, -0.2) is 4.79 Å². The molecule has 1 fully saturated rings. The number of aromatic nitrogens is 4. The predicted molar refractivity (Wildman–Crippen MR) is 64.0 cm³/mol. The van der Waals surface area contributed by atoms with Crippen molar-refractivity contribution in [2.45, 2.75) is 39.2 Å². The average molecular weight is 262 g/mol. The number of rotatable bonds is 4. The molecule has 3 rings (SSSR count). The van der Waals surface area contributed by atoms with Gasteiger partial charge in [-0.3, -0.25) is 4.68 Å². The minimum absolute atomic E-state index is 0.238. The number of hydrogen-bond acceptors (Lipinski definition) is 5. The number of aromatic carboxylic acids is 1. The summed E-state index contributed by atoms with van der Waals surface area (Å²) in [6.07, 6.45) is 2.23. The number of carbonyl (C=O) groups is 1. The minimum atomic E-state index is -0.967. The SMILES string of the molecule is Cc1nn(Cc2nc(C3CC3)no2)c(C)c1C(=O)O. The highest BCUT2D eigenvalue weighted by molar-refractivity contribution is 5.90. The van der Waals surface area contributed by atoms with Gasteiger partial charge in [0.05, 0.1) is 11.4 Å². The quantitative estimate of drug-likeness (QED) is 0.897. The summed E-state index contributed by atoms with van der Waals surface area (Å²) < 4.78 is 6.75. The largest absolute Gasteiger partial charge is 0.478 e. The van der Waals surface area contributed by atoms with Crippen LogP contribution in [0.3, 0.4) is 0 Å². The fourth-order valence-electron chi connectivity index (χ4n) is 2.13. The van der Waals surface area contributed by atoms with Crippen LogP contribution in [0.2, 0.25) is 0 Å². The molecule has 0 aromatic carbocycles. The molecule has 2 aromatic rings. The third-order valence-corrected chi connectivity index (χ3v) is 3.31. The van der Waals surface area contributed by atoms with Crippen LogP contribution in [0.5, 0.6) is 0 Å². The summed E-state index contributed by atoms with van der Waals surface area (Å²) in [4.78, 5) is 15.4. The Bertz CT molecular complexity index is 639. The van der Waals surface area contributed by atoms with Gasteiger partial charge in [0.2, 0.25) is 5.89 Å². The number of hydrogen-bond donors (Lipinski definition) is 1. The predicted octanol–water partition coefficient (Wildman–Crippen LogP) is 1.51. The van der Waals surface area contributed by atoms with Crippen molar-refractivity contribution in [3.8, 4) is 0 Å². The first-order chi connectivity index (χ1) is 9.06. The first-order valence-corrected chi connectivity index (χ1v) is 6.16. The lowest BCUT2D eigenvalue weighted by Crippen LogP contribution is -2.06. The molecule has 0 aliphatic heterocycles. The molecule has 19 heavy (non-hydrogen) atoms. The smallest absolute Gasteiger partial charge is 0.339 e. The summed E-state index contributed by atoms with van der Waals surface area (Å²) in [5.41, 5.74) is 1.32. The number of nitrogens with zero attached hydrogens (tertiary/aromatic N) is 4. The highest BCUT2D eigenvalue weighted by Gasteiger charge is 2.29. The van der Waals surface area contributed by atoms with Crippen molar-refractivity contribution in [3.05, 3.63) is 28.7 Å². The van der Waals surface area contributed by atoms with Crippen LogP contribution in [0.1, 0.15) is 52.2 Å². The summed E-state index contributed by atoms with van der Waals surface area (Å²) in [6.45, 7) is 3.71.